The van der Waals surface area contributed by atoms with Gasteiger partial charge in [-0.25, -0.2) is 4.79 Å². The predicted molar refractivity (Wildman–Crippen MR) is 102 cm³/mol. The van der Waals surface area contributed by atoms with Crippen molar-refractivity contribution in [1.82, 2.24) is 15.5 Å². The number of carboxylic acids is 1. The lowest BCUT2D eigenvalue weighted by Crippen LogP contribution is -2.53. The molecule has 3 amide bonds. The van der Waals surface area contributed by atoms with Gasteiger partial charge in [-0.05, 0) is 38.6 Å². The van der Waals surface area contributed by atoms with E-state index in [0.29, 0.717) is 38.8 Å². The first-order chi connectivity index (χ1) is 12.8. The maximum Gasteiger partial charge on any atom is 0.326 e. The number of likely N-dealkylation sites (tertiary alicyclic amines) is 1. The van der Waals surface area contributed by atoms with Crippen molar-refractivity contribution < 1.29 is 24.3 Å². The summed E-state index contributed by atoms with van der Waals surface area (Å²) in [5.74, 6) is -2.38. The van der Waals surface area contributed by atoms with Crippen LogP contribution in [0.5, 0.6) is 0 Å². The number of carbonyl (C=O) groups excluding carboxylic acids is 3. The molecule has 0 aromatic rings. The highest BCUT2D eigenvalue weighted by Gasteiger charge is 2.35. The van der Waals surface area contributed by atoms with Gasteiger partial charge in [-0.3, -0.25) is 14.4 Å². The Kier molecular flexibility index (Phi) is 10.1. The Morgan fingerprint density at radius 1 is 1.26 bits per heavy atom. The van der Waals surface area contributed by atoms with E-state index >= 15 is 0 Å². The molecular formula is C16H29N5O5S. The second-order valence-electron chi connectivity index (χ2n) is 6.44. The molecule has 0 aromatic carbocycles. The maximum atomic E-state index is 12.3. The molecule has 0 saturated carbocycles. The van der Waals surface area contributed by atoms with Crippen molar-refractivity contribution in [3.05, 3.63) is 0 Å². The van der Waals surface area contributed by atoms with Gasteiger partial charge in [0.1, 0.15) is 12.1 Å². The Morgan fingerprint density at radius 2 is 1.96 bits per heavy atom. The molecule has 0 aliphatic carbocycles. The van der Waals surface area contributed by atoms with E-state index in [9.17, 15) is 19.2 Å². The van der Waals surface area contributed by atoms with Gasteiger partial charge in [0.15, 0.2) is 0 Å². The van der Waals surface area contributed by atoms with Crippen LogP contribution >= 0.6 is 12.6 Å². The van der Waals surface area contributed by atoms with Crippen molar-refractivity contribution in [2.45, 2.75) is 50.2 Å². The van der Waals surface area contributed by atoms with E-state index in [1.54, 1.807) is 0 Å². The molecule has 1 fully saturated rings. The topological polar surface area (TPSA) is 168 Å². The van der Waals surface area contributed by atoms with Gasteiger partial charge in [0.2, 0.25) is 17.7 Å². The zero-order valence-corrected chi connectivity index (χ0v) is 16.1. The summed E-state index contributed by atoms with van der Waals surface area (Å²) in [6, 6.07) is -2.50. The predicted octanol–water partition coefficient (Wildman–Crippen LogP) is -1.95. The lowest BCUT2D eigenvalue weighted by atomic mass is 10.1. The van der Waals surface area contributed by atoms with Crippen molar-refractivity contribution in [2.24, 2.45) is 11.5 Å². The average molecular weight is 404 g/mol. The van der Waals surface area contributed by atoms with Gasteiger partial charge < -0.3 is 32.1 Å². The minimum absolute atomic E-state index is 0.173. The normalized spacial score (nSPS) is 18.6. The van der Waals surface area contributed by atoms with Crippen molar-refractivity contribution in [1.29, 1.82) is 0 Å². The van der Waals surface area contributed by atoms with Gasteiger partial charge in [-0.2, -0.15) is 12.6 Å². The van der Waals surface area contributed by atoms with Crippen LogP contribution in [0.2, 0.25) is 0 Å². The molecule has 1 rings (SSSR count). The first kappa shape index (κ1) is 23.2. The molecule has 11 heteroatoms. The molecule has 1 saturated heterocycles. The number of aliphatic carboxylic acids is 1. The number of amides is 3. The summed E-state index contributed by atoms with van der Waals surface area (Å²) in [6.07, 6.45) is 2.65. The Labute approximate surface area is 163 Å². The van der Waals surface area contributed by atoms with Crippen molar-refractivity contribution in [2.75, 3.05) is 25.4 Å². The molecule has 0 bridgehead atoms. The second-order valence-corrected chi connectivity index (χ2v) is 6.80. The Morgan fingerprint density at radius 3 is 2.56 bits per heavy atom. The SMILES string of the molecule is NCCCCC(NC(=O)CNC(=O)C1CCCN1C(=O)C(N)CS)C(=O)O. The van der Waals surface area contributed by atoms with Gasteiger partial charge in [0.25, 0.3) is 0 Å². The standard InChI is InChI=1S/C16H29N5O5S/c17-6-2-1-4-11(16(25)26)20-13(22)8-19-14(23)12-5-3-7-21(12)15(24)10(18)9-27/h10-12,27H,1-9,17-18H2,(H,19,23)(H,20,22)(H,25,26). The van der Waals surface area contributed by atoms with E-state index in [1.807, 2.05) is 0 Å². The molecule has 1 aliphatic rings. The molecule has 27 heavy (non-hydrogen) atoms. The van der Waals surface area contributed by atoms with Gasteiger partial charge in [-0.1, -0.05) is 0 Å². The van der Waals surface area contributed by atoms with Crippen LogP contribution < -0.4 is 22.1 Å². The smallest absolute Gasteiger partial charge is 0.326 e. The molecule has 7 N–H and O–H groups in total. The highest BCUT2D eigenvalue weighted by Crippen LogP contribution is 2.18. The van der Waals surface area contributed by atoms with Crippen LogP contribution in [-0.4, -0.2) is 77.2 Å². The third kappa shape index (κ3) is 7.35. The van der Waals surface area contributed by atoms with Crippen LogP contribution in [0.4, 0.5) is 0 Å². The number of unbranched alkanes of at least 4 members (excludes halogenated alkanes) is 1. The summed E-state index contributed by atoms with van der Waals surface area (Å²) >= 11 is 3.99. The number of nitrogens with zero attached hydrogens (tertiary/aromatic N) is 1. The zero-order chi connectivity index (χ0) is 20.4. The highest BCUT2D eigenvalue weighted by molar-refractivity contribution is 7.80. The number of carbonyl (C=O) groups is 4. The van der Waals surface area contributed by atoms with E-state index < -0.39 is 35.9 Å². The molecule has 1 heterocycles. The lowest BCUT2D eigenvalue weighted by Gasteiger charge is -2.26. The fourth-order valence-corrected chi connectivity index (χ4v) is 3.03. The van der Waals surface area contributed by atoms with Crippen molar-refractivity contribution in [3.63, 3.8) is 0 Å². The van der Waals surface area contributed by atoms with E-state index in [-0.39, 0.29) is 24.6 Å². The van der Waals surface area contributed by atoms with Gasteiger partial charge in [0, 0.05) is 12.3 Å². The van der Waals surface area contributed by atoms with Gasteiger partial charge in [-0.15, -0.1) is 0 Å². The third-order valence-electron chi connectivity index (χ3n) is 4.36. The molecule has 0 radical (unpaired) electrons. The van der Waals surface area contributed by atoms with Gasteiger partial charge >= 0.3 is 5.97 Å². The van der Waals surface area contributed by atoms with Crippen LogP contribution in [0.15, 0.2) is 0 Å². The lowest BCUT2D eigenvalue weighted by molar-refractivity contribution is -0.142. The van der Waals surface area contributed by atoms with Crippen LogP contribution in [0.25, 0.3) is 0 Å². The first-order valence-electron chi connectivity index (χ1n) is 8.98. The largest absolute Gasteiger partial charge is 0.480 e. The Hall–Kier alpha value is -1.85. The molecule has 154 valence electrons. The number of nitrogens with two attached hydrogens (primary N) is 2. The van der Waals surface area contributed by atoms with Crippen molar-refractivity contribution in [3.8, 4) is 0 Å². The summed E-state index contributed by atoms with van der Waals surface area (Å²) in [5, 5.41) is 14.0. The maximum absolute atomic E-state index is 12.3. The molecular weight excluding hydrogens is 374 g/mol. The van der Waals surface area contributed by atoms with E-state index in [2.05, 4.69) is 23.3 Å². The third-order valence-corrected chi connectivity index (χ3v) is 4.75. The molecule has 0 aromatic heterocycles. The van der Waals surface area contributed by atoms with Crippen LogP contribution in [0.3, 0.4) is 0 Å². The molecule has 10 nitrogen and oxygen atoms in total. The minimum atomic E-state index is -1.14. The van der Waals surface area contributed by atoms with E-state index in [4.69, 9.17) is 16.6 Å². The highest BCUT2D eigenvalue weighted by atomic mass is 32.1. The van der Waals surface area contributed by atoms with Crippen LogP contribution in [0.1, 0.15) is 32.1 Å². The summed E-state index contributed by atoms with van der Waals surface area (Å²) < 4.78 is 0. The number of carboxylic acid groups (broad SMARTS) is 1. The number of nitrogens with one attached hydrogen (secondary N) is 2. The van der Waals surface area contributed by atoms with Crippen LogP contribution in [0, 0.1) is 0 Å². The quantitative estimate of drug-likeness (QED) is 0.172. The molecule has 3 atom stereocenters. The summed E-state index contributed by atoms with van der Waals surface area (Å²) in [6.45, 7) is 0.507. The number of hydrogen-bond donors (Lipinski definition) is 6. The molecule has 0 spiro atoms. The van der Waals surface area contributed by atoms with E-state index in [1.165, 1.54) is 4.90 Å². The van der Waals surface area contributed by atoms with Crippen molar-refractivity contribution >= 4 is 36.3 Å². The zero-order valence-electron chi connectivity index (χ0n) is 15.2. The fraction of sp³-hybridized carbons (Fsp3) is 0.750. The first-order valence-corrected chi connectivity index (χ1v) is 9.61. The summed E-state index contributed by atoms with van der Waals surface area (Å²) in [5.41, 5.74) is 11.1. The molecule has 3 unspecified atom stereocenters. The summed E-state index contributed by atoms with van der Waals surface area (Å²) in [7, 11) is 0. The number of rotatable bonds is 11. The van der Waals surface area contributed by atoms with Gasteiger partial charge in [0.05, 0.1) is 12.6 Å². The fourth-order valence-electron chi connectivity index (χ4n) is 2.87. The average Bonchev–Trinajstić information content (AvgIpc) is 3.13. The molecule has 1 aliphatic heterocycles. The minimum Gasteiger partial charge on any atom is -0.480 e. The number of hydrogen-bond acceptors (Lipinski definition) is 7. The summed E-state index contributed by atoms with van der Waals surface area (Å²) in [4.78, 5) is 49.1. The van der Waals surface area contributed by atoms with E-state index in [0.717, 1.165) is 0 Å². The Balaban J connectivity index is 2.50. The monoisotopic (exact) mass is 403 g/mol. The Bertz CT molecular complexity index is 547. The van der Waals surface area contributed by atoms with Crippen LogP contribution in [-0.2, 0) is 19.2 Å². The second kappa shape index (κ2) is 11.8. The number of thiol groups is 1.